The quantitative estimate of drug-likeness (QED) is 0.896. The van der Waals surface area contributed by atoms with Crippen LogP contribution in [0, 0.1) is 0 Å². The summed E-state index contributed by atoms with van der Waals surface area (Å²) in [5, 5.41) is 4.24. The van der Waals surface area contributed by atoms with Crippen LogP contribution in [0.15, 0.2) is 36.7 Å². The van der Waals surface area contributed by atoms with Gasteiger partial charge in [-0.05, 0) is 31.5 Å². The Labute approximate surface area is 113 Å². The van der Waals surface area contributed by atoms with Crippen molar-refractivity contribution in [1.29, 1.82) is 0 Å². The first-order chi connectivity index (χ1) is 8.70. The molecule has 1 atom stereocenters. The van der Waals surface area contributed by atoms with E-state index in [1.165, 1.54) is 5.56 Å². The molecule has 1 heterocycles. The molecule has 0 aliphatic carbocycles. The van der Waals surface area contributed by atoms with E-state index in [4.69, 9.17) is 11.6 Å². The predicted octanol–water partition coefficient (Wildman–Crippen LogP) is 3.41. The second kappa shape index (κ2) is 6.03. The van der Waals surface area contributed by atoms with Gasteiger partial charge in [0.05, 0.1) is 6.54 Å². The molecule has 3 nitrogen and oxygen atoms in total. The number of aryl methyl sites for hydroxylation is 1. The molecule has 18 heavy (non-hydrogen) atoms. The molecule has 1 N–H and O–H groups in total. The van der Waals surface area contributed by atoms with E-state index in [9.17, 15) is 0 Å². The van der Waals surface area contributed by atoms with E-state index in [0.29, 0.717) is 0 Å². The average molecular weight is 264 g/mol. The number of hydrogen-bond acceptors (Lipinski definition) is 2. The molecule has 0 spiro atoms. The smallest absolute Gasteiger partial charge is 0.122 e. The minimum Gasteiger partial charge on any atom is -0.334 e. The molecule has 0 saturated carbocycles. The van der Waals surface area contributed by atoms with Gasteiger partial charge in [-0.1, -0.05) is 23.7 Å². The maximum absolute atomic E-state index is 5.99. The Morgan fingerprint density at radius 2 is 2.28 bits per heavy atom. The van der Waals surface area contributed by atoms with Gasteiger partial charge in [0.2, 0.25) is 0 Å². The summed E-state index contributed by atoms with van der Waals surface area (Å²) in [6.45, 7) is 5.95. The largest absolute Gasteiger partial charge is 0.334 e. The van der Waals surface area contributed by atoms with Gasteiger partial charge in [-0.15, -0.1) is 0 Å². The van der Waals surface area contributed by atoms with Crippen LogP contribution >= 0.6 is 11.6 Å². The Hall–Kier alpha value is -1.32. The number of aromatic nitrogens is 2. The van der Waals surface area contributed by atoms with Crippen molar-refractivity contribution in [3.8, 4) is 0 Å². The first-order valence-corrected chi connectivity index (χ1v) is 6.57. The van der Waals surface area contributed by atoms with E-state index in [0.717, 1.165) is 23.9 Å². The molecule has 96 valence electrons. The van der Waals surface area contributed by atoms with E-state index in [2.05, 4.69) is 34.8 Å². The third kappa shape index (κ3) is 3.12. The zero-order valence-electron chi connectivity index (χ0n) is 10.7. The van der Waals surface area contributed by atoms with Crippen LogP contribution in [0.25, 0.3) is 0 Å². The van der Waals surface area contributed by atoms with Gasteiger partial charge in [0.1, 0.15) is 5.82 Å². The predicted molar refractivity (Wildman–Crippen MR) is 74.6 cm³/mol. The van der Waals surface area contributed by atoms with Crippen LogP contribution in [-0.4, -0.2) is 9.55 Å². The zero-order valence-corrected chi connectivity index (χ0v) is 11.5. The molecule has 0 fully saturated rings. The lowest BCUT2D eigenvalue weighted by Gasteiger charge is -2.14. The van der Waals surface area contributed by atoms with E-state index in [-0.39, 0.29) is 6.04 Å². The number of nitrogens with zero attached hydrogens (tertiary/aromatic N) is 2. The molecule has 2 aromatic rings. The molecule has 4 heteroatoms. The molecule has 1 aromatic heterocycles. The molecule has 0 radical (unpaired) electrons. The van der Waals surface area contributed by atoms with Gasteiger partial charge in [0.15, 0.2) is 0 Å². The van der Waals surface area contributed by atoms with Crippen LogP contribution in [0.3, 0.4) is 0 Å². The van der Waals surface area contributed by atoms with E-state index < -0.39 is 0 Å². The molecule has 0 aliphatic heterocycles. The first kappa shape index (κ1) is 13.1. The van der Waals surface area contributed by atoms with Crippen molar-refractivity contribution < 1.29 is 0 Å². The summed E-state index contributed by atoms with van der Waals surface area (Å²) < 4.78 is 2.14. The van der Waals surface area contributed by atoms with E-state index in [1.807, 2.05) is 30.6 Å². The average Bonchev–Trinajstić information content (AvgIpc) is 2.83. The van der Waals surface area contributed by atoms with Gasteiger partial charge >= 0.3 is 0 Å². The lowest BCUT2D eigenvalue weighted by Crippen LogP contribution is -2.20. The fourth-order valence-corrected chi connectivity index (χ4v) is 2.13. The number of rotatable bonds is 5. The van der Waals surface area contributed by atoms with Crippen molar-refractivity contribution >= 4 is 11.6 Å². The number of imidazole rings is 1. The summed E-state index contributed by atoms with van der Waals surface area (Å²) in [5.74, 6) is 1.06. The number of halogens is 1. The van der Waals surface area contributed by atoms with Crippen molar-refractivity contribution in [3.05, 3.63) is 53.1 Å². The highest BCUT2D eigenvalue weighted by atomic mass is 35.5. The molecule has 1 aromatic carbocycles. The van der Waals surface area contributed by atoms with Crippen molar-refractivity contribution in [2.24, 2.45) is 0 Å². The lowest BCUT2D eigenvalue weighted by molar-refractivity contribution is 0.540. The normalized spacial score (nSPS) is 12.6. The van der Waals surface area contributed by atoms with Crippen LogP contribution < -0.4 is 5.32 Å². The van der Waals surface area contributed by atoms with Gasteiger partial charge in [0.25, 0.3) is 0 Å². The maximum Gasteiger partial charge on any atom is 0.122 e. The van der Waals surface area contributed by atoms with Crippen molar-refractivity contribution in [2.45, 2.75) is 33.0 Å². The van der Waals surface area contributed by atoms with E-state index >= 15 is 0 Å². The minimum atomic E-state index is 0.255. The Balaban J connectivity index is 1.98. The summed E-state index contributed by atoms with van der Waals surface area (Å²) in [7, 11) is 0. The Kier molecular flexibility index (Phi) is 4.39. The summed E-state index contributed by atoms with van der Waals surface area (Å²) in [6.07, 6.45) is 3.84. The lowest BCUT2D eigenvalue weighted by atomic mass is 10.1. The van der Waals surface area contributed by atoms with Crippen LogP contribution in [-0.2, 0) is 13.1 Å². The fraction of sp³-hybridized carbons (Fsp3) is 0.357. The fourth-order valence-electron chi connectivity index (χ4n) is 1.93. The highest BCUT2D eigenvalue weighted by Crippen LogP contribution is 2.17. The van der Waals surface area contributed by atoms with Crippen molar-refractivity contribution in [2.75, 3.05) is 0 Å². The van der Waals surface area contributed by atoms with E-state index in [1.54, 1.807) is 0 Å². The number of hydrogen-bond donors (Lipinski definition) is 1. The first-order valence-electron chi connectivity index (χ1n) is 6.19. The zero-order chi connectivity index (χ0) is 13.0. The second-order valence-corrected chi connectivity index (χ2v) is 4.72. The highest BCUT2D eigenvalue weighted by molar-refractivity contribution is 6.30. The van der Waals surface area contributed by atoms with Gasteiger partial charge in [-0.3, -0.25) is 0 Å². The molecular formula is C14H18ClN3. The van der Waals surface area contributed by atoms with Crippen LogP contribution in [0.4, 0.5) is 0 Å². The van der Waals surface area contributed by atoms with Crippen LogP contribution in [0.5, 0.6) is 0 Å². The number of nitrogens with one attached hydrogen (secondary N) is 1. The molecule has 0 aliphatic rings. The standard InChI is InChI=1S/C14H18ClN3/c1-3-18-8-7-16-14(18)10-17-11(2)12-5-4-6-13(15)9-12/h4-9,11,17H,3,10H2,1-2H3/t11-/m0/s1. The Morgan fingerprint density at radius 3 is 3.00 bits per heavy atom. The molecule has 2 rings (SSSR count). The summed E-state index contributed by atoms with van der Waals surface area (Å²) in [4.78, 5) is 4.34. The highest BCUT2D eigenvalue weighted by Gasteiger charge is 2.07. The topological polar surface area (TPSA) is 29.9 Å². The molecule has 0 amide bonds. The Morgan fingerprint density at radius 1 is 1.44 bits per heavy atom. The Bertz CT molecular complexity index is 507. The third-order valence-corrected chi connectivity index (χ3v) is 3.29. The third-order valence-electron chi connectivity index (χ3n) is 3.06. The van der Waals surface area contributed by atoms with Gasteiger partial charge in [-0.25, -0.2) is 4.98 Å². The molecule has 0 saturated heterocycles. The van der Waals surface area contributed by atoms with Crippen molar-refractivity contribution in [1.82, 2.24) is 14.9 Å². The van der Waals surface area contributed by atoms with Crippen LogP contribution in [0.1, 0.15) is 31.3 Å². The van der Waals surface area contributed by atoms with Gasteiger partial charge in [0, 0.05) is 30.0 Å². The maximum atomic E-state index is 5.99. The van der Waals surface area contributed by atoms with Gasteiger partial charge in [-0.2, -0.15) is 0 Å². The van der Waals surface area contributed by atoms with Crippen molar-refractivity contribution in [3.63, 3.8) is 0 Å². The SMILES string of the molecule is CCn1ccnc1CN[C@@H](C)c1cccc(Cl)c1. The van der Waals surface area contributed by atoms with Crippen LogP contribution in [0.2, 0.25) is 5.02 Å². The molecule has 0 unspecified atom stereocenters. The minimum absolute atomic E-state index is 0.255. The summed E-state index contributed by atoms with van der Waals surface area (Å²) in [5.41, 5.74) is 1.19. The number of benzene rings is 1. The molecule has 0 bridgehead atoms. The second-order valence-electron chi connectivity index (χ2n) is 4.29. The monoisotopic (exact) mass is 263 g/mol. The summed E-state index contributed by atoms with van der Waals surface area (Å²) >= 11 is 5.99. The van der Waals surface area contributed by atoms with Gasteiger partial charge < -0.3 is 9.88 Å². The summed E-state index contributed by atoms with van der Waals surface area (Å²) in [6, 6.07) is 8.19. The molecular weight excluding hydrogens is 246 g/mol.